The molecule has 6 nitrogen and oxygen atoms in total. The van der Waals surface area contributed by atoms with Crippen molar-refractivity contribution in [3.05, 3.63) is 53.6 Å². The van der Waals surface area contributed by atoms with Crippen LogP contribution >= 0.6 is 0 Å². The highest BCUT2D eigenvalue weighted by Gasteiger charge is 2.14. The maximum atomic E-state index is 12.7. The molecule has 0 spiro atoms. The van der Waals surface area contributed by atoms with Gasteiger partial charge in [-0.3, -0.25) is 9.52 Å². The first-order chi connectivity index (χ1) is 13.2. The van der Waals surface area contributed by atoms with E-state index in [9.17, 15) is 13.2 Å². The van der Waals surface area contributed by atoms with Gasteiger partial charge in [-0.1, -0.05) is 32.9 Å². The summed E-state index contributed by atoms with van der Waals surface area (Å²) in [4.78, 5) is 12.7. The minimum absolute atomic E-state index is 0.0478. The van der Waals surface area contributed by atoms with E-state index in [2.05, 4.69) is 23.9 Å². The summed E-state index contributed by atoms with van der Waals surface area (Å²) in [6, 6.07) is 12.1. The van der Waals surface area contributed by atoms with E-state index >= 15 is 0 Å². The van der Waals surface area contributed by atoms with Gasteiger partial charge in [0.2, 0.25) is 10.0 Å². The number of carbonyl (C=O) groups is 1. The molecule has 0 aliphatic heterocycles. The summed E-state index contributed by atoms with van der Waals surface area (Å²) < 4.78 is 32.3. The molecule has 0 unspecified atom stereocenters. The molecule has 28 heavy (non-hydrogen) atoms. The van der Waals surface area contributed by atoms with Crippen molar-refractivity contribution in [3.63, 3.8) is 0 Å². The Morgan fingerprint density at radius 1 is 1.11 bits per heavy atom. The fraction of sp³-hybridized carbons (Fsp3) is 0.381. The molecule has 2 rings (SSSR count). The molecule has 1 amide bonds. The van der Waals surface area contributed by atoms with Crippen LogP contribution in [0.1, 0.15) is 43.1 Å². The highest BCUT2D eigenvalue weighted by atomic mass is 32.2. The summed E-state index contributed by atoms with van der Waals surface area (Å²) in [5.74, 6) is 0.789. The second-order valence-corrected chi connectivity index (χ2v) is 8.93. The Kier molecular flexibility index (Phi) is 7.45. The maximum Gasteiger partial charge on any atom is 0.255 e. The number of hydrogen-bond donors (Lipinski definition) is 2. The Morgan fingerprint density at radius 2 is 1.79 bits per heavy atom. The van der Waals surface area contributed by atoms with E-state index in [0.29, 0.717) is 47.2 Å². The van der Waals surface area contributed by atoms with Gasteiger partial charge >= 0.3 is 0 Å². The lowest BCUT2D eigenvalue weighted by molar-refractivity contribution is 0.102. The van der Waals surface area contributed by atoms with Crippen molar-refractivity contribution in [2.24, 2.45) is 5.92 Å². The van der Waals surface area contributed by atoms with E-state index in [1.54, 1.807) is 43.3 Å². The molecule has 0 radical (unpaired) electrons. The highest BCUT2D eigenvalue weighted by molar-refractivity contribution is 7.92. The third-order valence-electron chi connectivity index (χ3n) is 4.00. The summed E-state index contributed by atoms with van der Waals surface area (Å²) in [5, 5.41) is 2.85. The number of rotatable bonds is 9. The van der Waals surface area contributed by atoms with Crippen LogP contribution < -0.4 is 14.8 Å². The molecule has 0 fully saturated rings. The van der Waals surface area contributed by atoms with Crippen LogP contribution in [0.15, 0.2) is 42.5 Å². The zero-order chi connectivity index (χ0) is 20.7. The predicted octanol–water partition coefficient (Wildman–Crippen LogP) is 4.43. The molecule has 0 aromatic heterocycles. The van der Waals surface area contributed by atoms with Gasteiger partial charge in [-0.05, 0) is 55.2 Å². The average Bonchev–Trinajstić information content (AvgIpc) is 2.63. The molecule has 152 valence electrons. The molecule has 0 saturated carbocycles. The van der Waals surface area contributed by atoms with E-state index in [4.69, 9.17) is 4.74 Å². The number of benzene rings is 2. The fourth-order valence-corrected chi connectivity index (χ4v) is 3.75. The first-order valence-electron chi connectivity index (χ1n) is 9.36. The predicted molar refractivity (Wildman–Crippen MR) is 114 cm³/mol. The average molecular weight is 405 g/mol. The molecule has 2 aromatic carbocycles. The number of ether oxygens (including phenoxy) is 1. The Labute approximate surface area is 167 Å². The third kappa shape index (κ3) is 6.27. The molecule has 2 N–H and O–H groups in total. The number of sulfonamides is 1. The van der Waals surface area contributed by atoms with Gasteiger partial charge < -0.3 is 10.1 Å². The normalized spacial score (nSPS) is 11.3. The molecule has 0 bridgehead atoms. The Bertz CT molecular complexity index is 924. The summed E-state index contributed by atoms with van der Waals surface area (Å²) in [6.07, 6.45) is 0.528. The summed E-state index contributed by atoms with van der Waals surface area (Å²) >= 11 is 0. The van der Waals surface area contributed by atoms with Crippen LogP contribution in [0, 0.1) is 12.8 Å². The van der Waals surface area contributed by atoms with Gasteiger partial charge in [0.1, 0.15) is 5.75 Å². The quantitative estimate of drug-likeness (QED) is 0.647. The Balaban J connectivity index is 2.16. The fourth-order valence-electron chi connectivity index (χ4n) is 2.55. The lowest BCUT2D eigenvalue weighted by Crippen LogP contribution is -2.18. The molecule has 0 atom stereocenters. The SMILES string of the molecule is CCCS(=O)(=O)Nc1cccc(NC(=O)c2cccc(OCC(C)C)c2)c1C. The van der Waals surface area contributed by atoms with Crippen molar-refractivity contribution in [1.29, 1.82) is 0 Å². The number of hydrogen-bond acceptors (Lipinski definition) is 4. The Morgan fingerprint density at radius 3 is 2.46 bits per heavy atom. The molecule has 0 aliphatic rings. The summed E-state index contributed by atoms with van der Waals surface area (Å²) in [5.41, 5.74) is 2.14. The second-order valence-electron chi connectivity index (χ2n) is 7.09. The molecular formula is C21H28N2O4S. The first kappa shape index (κ1) is 21.8. The molecule has 0 saturated heterocycles. The van der Waals surface area contributed by atoms with Crippen LogP contribution in [0.3, 0.4) is 0 Å². The zero-order valence-electron chi connectivity index (χ0n) is 16.8. The van der Waals surface area contributed by atoms with Crippen molar-refractivity contribution in [2.45, 2.75) is 34.1 Å². The van der Waals surface area contributed by atoms with Crippen molar-refractivity contribution in [2.75, 3.05) is 22.4 Å². The van der Waals surface area contributed by atoms with Crippen LogP contribution in [-0.4, -0.2) is 26.7 Å². The monoisotopic (exact) mass is 404 g/mol. The van der Waals surface area contributed by atoms with E-state index in [-0.39, 0.29) is 11.7 Å². The van der Waals surface area contributed by atoms with E-state index in [0.717, 1.165) is 0 Å². The Hall–Kier alpha value is -2.54. The standard InChI is InChI=1S/C21H28N2O4S/c1-5-12-28(25,26)23-20-11-7-10-19(16(20)4)22-21(24)17-8-6-9-18(13-17)27-14-15(2)3/h6-11,13,15,23H,5,12,14H2,1-4H3,(H,22,24). The number of carbonyl (C=O) groups excluding carboxylic acids is 1. The molecule has 7 heteroatoms. The zero-order valence-corrected chi connectivity index (χ0v) is 17.6. The van der Waals surface area contributed by atoms with E-state index in [1.807, 2.05) is 13.0 Å². The molecule has 2 aromatic rings. The topological polar surface area (TPSA) is 84.5 Å². The smallest absolute Gasteiger partial charge is 0.255 e. The van der Waals surface area contributed by atoms with Crippen molar-refractivity contribution in [3.8, 4) is 5.75 Å². The van der Waals surface area contributed by atoms with Crippen LogP contribution in [-0.2, 0) is 10.0 Å². The van der Waals surface area contributed by atoms with Gasteiger partial charge in [-0.2, -0.15) is 0 Å². The van der Waals surface area contributed by atoms with Gasteiger partial charge in [0, 0.05) is 11.3 Å². The van der Waals surface area contributed by atoms with E-state index in [1.165, 1.54) is 0 Å². The van der Waals surface area contributed by atoms with Crippen molar-refractivity contribution in [1.82, 2.24) is 0 Å². The number of anilines is 2. The maximum absolute atomic E-state index is 12.7. The van der Waals surface area contributed by atoms with Crippen LogP contribution in [0.4, 0.5) is 11.4 Å². The molecule has 0 heterocycles. The minimum Gasteiger partial charge on any atom is -0.493 e. The van der Waals surface area contributed by atoms with Crippen molar-refractivity contribution >= 4 is 27.3 Å². The largest absolute Gasteiger partial charge is 0.493 e. The van der Waals surface area contributed by atoms with Crippen LogP contribution in [0.25, 0.3) is 0 Å². The summed E-state index contributed by atoms with van der Waals surface area (Å²) in [6.45, 7) is 8.26. The van der Waals surface area contributed by atoms with Gasteiger partial charge in [0.15, 0.2) is 0 Å². The van der Waals surface area contributed by atoms with E-state index < -0.39 is 10.0 Å². The molecular weight excluding hydrogens is 376 g/mol. The molecule has 0 aliphatic carbocycles. The second kappa shape index (κ2) is 9.59. The van der Waals surface area contributed by atoms with Gasteiger partial charge in [-0.25, -0.2) is 8.42 Å². The highest BCUT2D eigenvalue weighted by Crippen LogP contribution is 2.25. The van der Waals surface area contributed by atoms with Crippen LogP contribution in [0.5, 0.6) is 5.75 Å². The van der Waals surface area contributed by atoms with Gasteiger partial charge in [0.05, 0.1) is 18.0 Å². The minimum atomic E-state index is -3.40. The number of nitrogens with one attached hydrogen (secondary N) is 2. The van der Waals surface area contributed by atoms with Gasteiger partial charge in [0.25, 0.3) is 5.91 Å². The number of amides is 1. The summed E-state index contributed by atoms with van der Waals surface area (Å²) in [7, 11) is -3.40. The van der Waals surface area contributed by atoms with Gasteiger partial charge in [-0.15, -0.1) is 0 Å². The van der Waals surface area contributed by atoms with Crippen molar-refractivity contribution < 1.29 is 17.9 Å². The lowest BCUT2D eigenvalue weighted by Gasteiger charge is -2.15. The third-order valence-corrected chi connectivity index (χ3v) is 5.48. The lowest BCUT2D eigenvalue weighted by atomic mass is 10.1. The first-order valence-corrected chi connectivity index (χ1v) is 11.0. The van der Waals surface area contributed by atoms with Crippen LogP contribution in [0.2, 0.25) is 0 Å².